The number of methoxy groups -OCH3 is 1. The predicted octanol–water partition coefficient (Wildman–Crippen LogP) is 2.94. The summed E-state index contributed by atoms with van der Waals surface area (Å²) in [5, 5.41) is 4.86. The number of hydrogen-bond acceptors (Lipinski definition) is 4. The molecule has 0 saturated carbocycles. The Labute approximate surface area is 138 Å². The van der Waals surface area contributed by atoms with Crippen molar-refractivity contribution in [1.29, 1.82) is 0 Å². The first-order chi connectivity index (χ1) is 11.3. The van der Waals surface area contributed by atoms with E-state index in [9.17, 15) is 0 Å². The van der Waals surface area contributed by atoms with Gasteiger partial charge in [0.25, 0.3) is 0 Å². The molecule has 1 aliphatic heterocycles. The van der Waals surface area contributed by atoms with Crippen molar-refractivity contribution in [3.63, 3.8) is 0 Å². The van der Waals surface area contributed by atoms with Gasteiger partial charge in [-0.05, 0) is 31.9 Å². The fourth-order valence-corrected chi connectivity index (χ4v) is 3.20. The molecule has 0 radical (unpaired) electrons. The van der Waals surface area contributed by atoms with Crippen molar-refractivity contribution in [3.8, 4) is 0 Å². The Hall–Kier alpha value is -1.85. The summed E-state index contributed by atoms with van der Waals surface area (Å²) in [6.45, 7) is 5.75. The minimum Gasteiger partial charge on any atom is -0.383 e. The number of hydrogen-bond donors (Lipinski definition) is 0. The van der Waals surface area contributed by atoms with Crippen LogP contribution in [0.15, 0.2) is 42.7 Å². The lowest BCUT2D eigenvalue weighted by molar-refractivity contribution is 0.131. The molecule has 5 nitrogen and oxygen atoms in total. The minimum atomic E-state index is 0.511. The Bertz CT molecular complexity index is 598. The molecule has 0 spiro atoms. The minimum absolute atomic E-state index is 0.511. The van der Waals surface area contributed by atoms with Gasteiger partial charge in [0.2, 0.25) is 0 Å². The van der Waals surface area contributed by atoms with Gasteiger partial charge >= 0.3 is 0 Å². The average Bonchev–Trinajstić information content (AvgIpc) is 3.03. The summed E-state index contributed by atoms with van der Waals surface area (Å²) in [6, 6.07) is 11.2. The second-order valence-corrected chi connectivity index (χ2v) is 6.08. The molecule has 0 unspecified atom stereocenters. The SMILES string of the molecule is COCCn1ccnc1CN1[C@@H](C)CCCN1c1ccccc1. The maximum absolute atomic E-state index is 5.20. The third-order valence-corrected chi connectivity index (χ3v) is 4.51. The normalized spacial score (nSPS) is 19.2. The first kappa shape index (κ1) is 16.0. The second-order valence-electron chi connectivity index (χ2n) is 6.08. The first-order valence-corrected chi connectivity index (χ1v) is 8.37. The molecule has 1 aromatic heterocycles. The zero-order valence-electron chi connectivity index (χ0n) is 14.1. The fourth-order valence-electron chi connectivity index (χ4n) is 3.20. The van der Waals surface area contributed by atoms with Gasteiger partial charge in [-0.15, -0.1) is 0 Å². The van der Waals surface area contributed by atoms with Gasteiger partial charge in [0.1, 0.15) is 5.82 Å². The van der Waals surface area contributed by atoms with Crippen molar-refractivity contribution < 1.29 is 4.74 Å². The van der Waals surface area contributed by atoms with E-state index in [0.717, 1.165) is 25.5 Å². The van der Waals surface area contributed by atoms with Crippen LogP contribution in [0.25, 0.3) is 0 Å². The van der Waals surface area contributed by atoms with Crippen molar-refractivity contribution in [1.82, 2.24) is 14.6 Å². The lowest BCUT2D eigenvalue weighted by atomic mass is 10.1. The summed E-state index contributed by atoms with van der Waals surface area (Å²) in [5.74, 6) is 1.09. The van der Waals surface area contributed by atoms with E-state index in [0.29, 0.717) is 12.6 Å². The lowest BCUT2D eigenvalue weighted by Gasteiger charge is -2.44. The van der Waals surface area contributed by atoms with Crippen molar-refractivity contribution in [2.45, 2.75) is 38.9 Å². The smallest absolute Gasteiger partial charge is 0.124 e. The zero-order valence-corrected chi connectivity index (χ0v) is 14.1. The summed E-state index contributed by atoms with van der Waals surface area (Å²) < 4.78 is 7.39. The number of para-hydroxylation sites is 1. The molecule has 1 saturated heterocycles. The number of anilines is 1. The molecular formula is C18H26N4O. The van der Waals surface area contributed by atoms with Gasteiger partial charge in [0.15, 0.2) is 0 Å². The molecule has 0 aliphatic carbocycles. The van der Waals surface area contributed by atoms with E-state index < -0.39 is 0 Å². The number of nitrogens with zero attached hydrogens (tertiary/aromatic N) is 4. The van der Waals surface area contributed by atoms with Gasteiger partial charge in [-0.25, -0.2) is 9.99 Å². The van der Waals surface area contributed by atoms with Gasteiger partial charge < -0.3 is 14.3 Å². The monoisotopic (exact) mass is 314 g/mol. The predicted molar refractivity (Wildman–Crippen MR) is 92.1 cm³/mol. The Morgan fingerprint density at radius 3 is 2.87 bits per heavy atom. The van der Waals surface area contributed by atoms with Gasteiger partial charge in [0.05, 0.1) is 18.8 Å². The van der Waals surface area contributed by atoms with Crippen LogP contribution < -0.4 is 5.01 Å². The maximum Gasteiger partial charge on any atom is 0.124 e. The molecular weight excluding hydrogens is 288 g/mol. The van der Waals surface area contributed by atoms with Crippen LogP contribution in [-0.4, -0.2) is 40.9 Å². The summed E-state index contributed by atoms with van der Waals surface area (Å²) in [7, 11) is 1.74. The highest BCUT2D eigenvalue weighted by Gasteiger charge is 2.27. The first-order valence-electron chi connectivity index (χ1n) is 8.37. The molecule has 1 atom stereocenters. The Morgan fingerprint density at radius 2 is 2.09 bits per heavy atom. The number of aromatic nitrogens is 2. The number of hydrazine groups is 1. The number of rotatable bonds is 6. The number of imidazole rings is 1. The van der Waals surface area contributed by atoms with E-state index in [1.165, 1.54) is 18.5 Å². The van der Waals surface area contributed by atoms with Crippen LogP contribution in [-0.2, 0) is 17.8 Å². The van der Waals surface area contributed by atoms with Gasteiger partial charge in [0, 0.05) is 38.6 Å². The molecule has 3 rings (SSSR count). The van der Waals surface area contributed by atoms with Crippen LogP contribution >= 0.6 is 0 Å². The lowest BCUT2D eigenvalue weighted by Crippen LogP contribution is -2.51. The van der Waals surface area contributed by atoms with Crippen LogP contribution in [0.1, 0.15) is 25.6 Å². The third kappa shape index (κ3) is 3.74. The molecule has 23 heavy (non-hydrogen) atoms. The number of benzene rings is 1. The second kappa shape index (κ2) is 7.62. The Kier molecular flexibility index (Phi) is 5.31. The topological polar surface area (TPSA) is 33.5 Å². The van der Waals surface area contributed by atoms with Crippen molar-refractivity contribution in [3.05, 3.63) is 48.5 Å². The van der Waals surface area contributed by atoms with E-state index in [1.807, 2.05) is 12.4 Å². The van der Waals surface area contributed by atoms with E-state index >= 15 is 0 Å². The summed E-state index contributed by atoms with van der Waals surface area (Å²) >= 11 is 0. The molecule has 5 heteroatoms. The third-order valence-electron chi connectivity index (χ3n) is 4.51. The highest BCUT2D eigenvalue weighted by Crippen LogP contribution is 2.26. The molecule has 1 aromatic carbocycles. The van der Waals surface area contributed by atoms with Crippen LogP contribution in [0.3, 0.4) is 0 Å². The summed E-state index contributed by atoms with van der Waals surface area (Å²) in [6.07, 6.45) is 6.37. The van der Waals surface area contributed by atoms with Crippen LogP contribution in [0.5, 0.6) is 0 Å². The largest absolute Gasteiger partial charge is 0.383 e. The number of ether oxygens (including phenoxy) is 1. The van der Waals surface area contributed by atoms with Crippen molar-refractivity contribution >= 4 is 5.69 Å². The van der Waals surface area contributed by atoms with E-state index in [1.54, 1.807) is 7.11 Å². The molecule has 124 valence electrons. The van der Waals surface area contributed by atoms with Crippen molar-refractivity contribution in [2.24, 2.45) is 0 Å². The molecule has 0 bridgehead atoms. The Morgan fingerprint density at radius 1 is 1.26 bits per heavy atom. The van der Waals surface area contributed by atoms with Crippen LogP contribution in [0.2, 0.25) is 0 Å². The molecule has 2 aromatic rings. The van der Waals surface area contributed by atoms with Crippen LogP contribution in [0.4, 0.5) is 5.69 Å². The Balaban J connectivity index is 1.79. The van der Waals surface area contributed by atoms with E-state index in [-0.39, 0.29) is 0 Å². The molecule has 0 amide bonds. The van der Waals surface area contributed by atoms with Gasteiger partial charge in [-0.3, -0.25) is 0 Å². The zero-order chi connectivity index (χ0) is 16.1. The van der Waals surface area contributed by atoms with Crippen molar-refractivity contribution in [2.75, 3.05) is 25.3 Å². The highest BCUT2D eigenvalue weighted by atomic mass is 16.5. The van der Waals surface area contributed by atoms with Gasteiger partial charge in [-0.2, -0.15) is 0 Å². The quantitative estimate of drug-likeness (QED) is 0.821. The summed E-state index contributed by atoms with van der Waals surface area (Å²) in [4.78, 5) is 4.56. The fraction of sp³-hybridized carbons (Fsp3) is 0.500. The molecule has 1 fully saturated rings. The van der Waals surface area contributed by atoms with Crippen LogP contribution in [0, 0.1) is 0 Å². The summed E-state index contributed by atoms with van der Waals surface area (Å²) in [5.41, 5.74) is 1.26. The average molecular weight is 314 g/mol. The van der Waals surface area contributed by atoms with E-state index in [2.05, 4.69) is 56.8 Å². The molecule has 2 heterocycles. The maximum atomic E-state index is 5.20. The van der Waals surface area contributed by atoms with Gasteiger partial charge in [-0.1, -0.05) is 18.2 Å². The highest BCUT2D eigenvalue weighted by molar-refractivity contribution is 5.45. The standard InChI is InChI=1S/C18H26N4O/c1-16-7-6-11-21(17-8-4-3-5-9-17)22(16)15-18-19-10-12-20(18)13-14-23-2/h3-5,8-10,12,16H,6-7,11,13-15H2,1-2H3/t16-/m0/s1. The van der Waals surface area contributed by atoms with E-state index in [4.69, 9.17) is 4.74 Å². The molecule has 1 aliphatic rings. The molecule has 0 N–H and O–H groups in total.